The molecule has 0 aliphatic carbocycles. The Morgan fingerprint density at radius 2 is 1.74 bits per heavy atom. The van der Waals surface area contributed by atoms with Crippen molar-refractivity contribution in [3.8, 4) is 5.69 Å². The van der Waals surface area contributed by atoms with Crippen LogP contribution in [0.15, 0.2) is 65.8 Å². The summed E-state index contributed by atoms with van der Waals surface area (Å²) in [5.74, 6) is 0.0904. The number of carbonyl (C=O) groups is 1. The quantitative estimate of drug-likeness (QED) is 0.188. The Morgan fingerprint density at radius 1 is 1.03 bits per heavy atom. The highest BCUT2D eigenvalue weighted by Gasteiger charge is 2.26. The van der Waals surface area contributed by atoms with Gasteiger partial charge in [-0.05, 0) is 49.7 Å². The molecule has 206 valence electrons. The van der Waals surface area contributed by atoms with Crippen LogP contribution in [-0.2, 0) is 11.2 Å². The summed E-state index contributed by atoms with van der Waals surface area (Å²) in [6.07, 6.45) is 12.3. The molecular weight excluding hydrogens is 493 g/mol. The van der Waals surface area contributed by atoms with E-state index in [1.807, 2.05) is 17.9 Å². The molecule has 1 atom stereocenters. The third kappa shape index (κ3) is 7.19. The molecule has 0 saturated carbocycles. The van der Waals surface area contributed by atoms with Crippen LogP contribution in [0, 0.1) is 5.82 Å². The van der Waals surface area contributed by atoms with E-state index in [2.05, 4.69) is 16.9 Å². The second-order valence-corrected chi connectivity index (χ2v) is 10.1. The van der Waals surface area contributed by atoms with E-state index in [0.717, 1.165) is 25.0 Å². The van der Waals surface area contributed by atoms with E-state index in [4.69, 9.17) is 4.98 Å². The van der Waals surface area contributed by atoms with E-state index < -0.39 is 6.04 Å². The molecule has 1 amide bonds. The molecule has 0 radical (unpaired) electrons. The van der Waals surface area contributed by atoms with Crippen LogP contribution in [0.1, 0.15) is 82.8 Å². The largest absolute Gasteiger partial charge is 0.348 e. The van der Waals surface area contributed by atoms with Gasteiger partial charge >= 0.3 is 0 Å². The summed E-state index contributed by atoms with van der Waals surface area (Å²) in [7, 11) is 0. The monoisotopic (exact) mass is 531 g/mol. The lowest BCUT2D eigenvalue weighted by Gasteiger charge is -2.30. The maximum absolute atomic E-state index is 13.8. The normalized spacial score (nSPS) is 12.1. The lowest BCUT2D eigenvalue weighted by atomic mass is 10.1. The number of hydrogen-bond donors (Lipinski definition) is 1. The van der Waals surface area contributed by atoms with Crippen molar-refractivity contribution < 1.29 is 9.18 Å². The Morgan fingerprint density at radius 3 is 2.46 bits per heavy atom. The first-order valence-electron chi connectivity index (χ1n) is 14.0. The summed E-state index contributed by atoms with van der Waals surface area (Å²) in [6, 6.07) is 12.5. The Labute approximate surface area is 229 Å². The summed E-state index contributed by atoms with van der Waals surface area (Å²) in [4.78, 5) is 41.2. The molecule has 0 spiro atoms. The third-order valence-corrected chi connectivity index (χ3v) is 7.22. The molecular formula is C31H38FN5O2. The van der Waals surface area contributed by atoms with Crippen LogP contribution >= 0.6 is 0 Å². The molecule has 2 aromatic carbocycles. The van der Waals surface area contributed by atoms with Gasteiger partial charge in [-0.15, -0.1) is 0 Å². The SMILES string of the molecule is CCCCCCCCCC(=O)N(CCc1cnc[nH]1)C(C)c1nc2ccccc2c(=O)n1-c1ccc(F)cc1. The number of nitrogens with one attached hydrogen (secondary N) is 1. The van der Waals surface area contributed by atoms with Crippen molar-refractivity contribution in [1.82, 2.24) is 24.4 Å². The number of benzene rings is 2. The minimum absolute atomic E-state index is 0.0311. The number of nitrogens with zero attached hydrogens (tertiary/aromatic N) is 4. The second-order valence-electron chi connectivity index (χ2n) is 10.1. The molecule has 1 unspecified atom stereocenters. The molecule has 0 aliphatic rings. The summed E-state index contributed by atoms with van der Waals surface area (Å²) in [5.41, 5.74) is 1.76. The van der Waals surface area contributed by atoms with Crippen LogP contribution in [-0.4, -0.2) is 36.9 Å². The van der Waals surface area contributed by atoms with Gasteiger partial charge in [-0.25, -0.2) is 14.4 Å². The Bertz CT molecular complexity index is 1400. The zero-order valence-electron chi connectivity index (χ0n) is 22.9. The number of aromatic amines is 1. The molecule has 7 nitrogen and oxygen atoms in total. The number of unbranched alkanes of at least 4 members (excludes halogenated alkanes) is 6. The molecule has 39 heavy (non-hydrogen) atoms. The first-order valence-corrected chi connectivity index (χ1v) is 14.0. The van der Waals surface area contributed by atoms with Gasteiger partial charge < -0.3 is 9.88 Å². The molecule has 0 bridgehead atoms. The highest BCUT2D eigenvalue weighted by Crippen LogP contribution is 2.25. The van der Waals surface area contributed by atoms with Crippen molar-refractivity contribution in [3.05, 3.63) is 88.7 Å². The van der Waals surface area contributed by atoms with Crippen LogP contribution < -0.4 is 5.56 Å². The van der Waals surface area contributed by atoms with Crippen molar-refractivity contribution in [2.45, 2.75) is 77.7 Å². The second kappa shape index (κ2) is 13.8. The molecule has 2 aromatic heterocycles. The van der Waals surface area contributed by atoms with E-state index in [1.165, 1.54) is 42.4 Å². The van der Waals surface area contributed by atoms with Crippen molar-refractivity contribution in [2.75, 3.05) is 6.54 Å². The van der Waals surface area contributed by atoms with E-state index in [9.17, 15) is 14.0 Å². The average Bonchev–Trinajstić information content (AvgIpc) is 3.47. The lowest BCUT2D eigenvalue weighted by molar-refractivity contribution is -0.133. The van der Waals surface area contributed by atoms with Crippen molar-refractivity contribution in [1.29, 1.82) is 0 Å². The number of amides is 1. The van der Waals surface area contributed by atoms with Gasteiger partial charge in [0, 0.05) is 31.3 Å². The van der Waals surface area contributed by atoms with Gasteiger partial charge in [0.15, 0.2) is 0 Å². The van der Waals surface area contributed by atoms with Gasteiger partial charge in [-0.3, -0.25) is 14.2 Å². The van der Waals surface area contributed by atoms with E-state index in [-0.39, 0.29) is 17.3 Å². The molecule has 0 saturated heterocycles. The molecule has 0 fully saturated rings. The van der Waals surface area contributed by atoms with Gasteiger partial charge in [-0.2, -0.15) is 0 Å². The number of halogens is 1. The lowest BCUT2D eigenvalue weighted by Crippen LogP contribution is -2.38. The summed E-state index contributed by atoms with van der Waals surface area (Å²) < 4.78 is 15.3. The molecule has 8 heteroatoms. The number of H-pyrrole nitrogens is 1. The Kier molecular flexibility index (Phi) is 10.00. The van der Waals surface area contributed by atoms with Gasteiger partial charge in [0.05, 0.1) is 29.0 Å². The maximum Gasteiger partial charge on any atom is 0.266 e. The first-order chi connectivity index (χ1) is 19.0. The molecule has 4 aromatic rings. The topological polar surface area (TPSA) is 83.9 Å². The third-order valence-electron chi connectivity index (χ3n) is 7.22. The summed E-state index contributed by atoms with van der Waals surface area (Å²) in [5, 5.41) is 0.469. The van der Waals surface area contributed by atoms with Crippen LogP contribution in [0.5, 0.6) is 0 Å². The smallest absolute Gasteiger partial charge is 0.266 e. The fourth-order valence-electron chi connectivity index (χ4n) is 4.98. The fourth-order valence-corrected chi connectivity index (χ4v) is 4.98. The number of para-hydroxylation sites is 1. The number of hydrogen-bond acceptors (Lipinski definition) is 4. The standard InChI is InChI=1S/C31H38FN5O2/c1-3-4-5-6-7-8-9-14-29(38)36(20-19-25-21-33-22-34-25)23(2)30-35-28-13-11-10-12-27(28)31(39)37(30)26-17-15-24(32)16-18-26/h10-13,15-18,21-23H,3-9,14,19-20H2,1-2H3,(H,33,34). The van der Waals surface area contributed by atoms with Gasteiger partial charge in [0.1, 0.15) is 11.6 Å². The zero-order chi connectivity index (χ0) is 27.6. The number of fused-ring (bicyclic) bond motifs is 1. The molecule has 0 aliphatic heterocycles. The van der Waals surface area contributed by atoms with E-state index in [1.54, 1.807) is 42.9 Å². The van der Waals surface area contributed by atoms with E-state index in [0.29, 0.717) is 41.8 Å². The zero-order valence-corrected chi connectivity index (χ0v) is 22.9. The number of carbonyl (C=O) groups excluding carboxylic acids is 1. The first kappa shape index (κ1) is 28.2. The highest BCUT2D eigenvalue weighted by molar-refractivity contribution is 5.79. The van der Waals surface area contributed by atoms with E-state index >= 15 is 0 Å². The Balaban J connectivity index is 1.64. The van der Waals surface area contributed by atoms with Gasteiger partial charge in [0.2, 0.25) is 5.91 Å². The minimum atomic E-state index is -0.493. The predicted octanol–water partition coefficient (Wildman–Crippen LogP) is 6.52. The Hall–Kier alpha value is -3.81. The number of aromatic nitrogens is 4. The van der Waals surface area contributed by atoms with Crippen molar-refractivity contribution >= 4 is 16.8 Å². The van der Waals surface area contributed by atoms with Gasteiger partial charge in [-0.1, -0.05) is 57.6 Å². The van der Waals surface area contributed by atoms with Crippen LogP contribution in [0.3, 0.4) is 0 Å². The predicted molar refractivity (Wildman–Crippen MR) is 152 cm³/mol. The number of imidazole rings is 1. The fraction of sp³-hybridized carbons (Fsp3) is 0.419. The number of rotatable bonds is 14. The van der Waals surface area contributed by atoms with Crippen LogP contribution in [0.25, 0.3) is 16.6 Å². The van der Waals surface area contributed by atoms with Crippen LogP contribution in [0.4, 0.5) is 4.39 Å². The molecule has 1 N–H and O–H groups in total. The summed E-state index contributed by atoms with van der Waals surface area (Å²) >= 11 is 0. The van der Waals surface area contributed by atoms with Crippen molar-refractivity contribution in [2.24, 2.45) is 0 Å². The molecule has 4 rings (SSSR count). The van der Waals surface area contributed by atoms with Crippen molar-refractivity contribution in [3.63, 3.8) is 0 Å². The molecule has 2 heterocycles. The van der Waals surface area contributed by atoms with Gasteiger partial charge in [0.25, 0.3) is 5.56 Å². The minimum Gasteiger partial charge on any atom is -0.348 e. The average molecular weight is 532 g/mol. The highest BCUT2D eigenvalue weighted by atomic mass is 19.1. The maximum atomic E-state index is 13.8. The van der Waals surface area contributed by atoms with Crippen LogP contribution in [0.2, 0.25) is 0 Å². The summed E-state index contributed by atoms with van der Waals surface area (Å²) in [6.45, 7) is 4.56.